The van der Waals surface area contributed by atoms with Gasteiger partial charge in [0.2, 0.25) is 23.6 Å². The van der Waals surface area contributed by atoms with Gasteiger partial charge in [-0.15, -0.1) is 0 Å². The average molecular weight is 1420 g/mol. The molecular formula is C68H84N6NaO22S2+. The Bertz CT molecular complexity index is 3190. The summed E-state index contributed by atoms with van der Waals surface area (Å²) in [6.45, 7) is -3.09. The normalized spacial score (nSPS) is 21.6. The zero-order valence-electron chi connectivity index (χ0n) is 54.4. The fraction of sp³-hybridized carbons (Fsp3) is 0.441. The van der Waals surface area contributed by atoms with Crippen LogP contribution in [0, 0.1) is 0 Å². The molecule has 2 saturated heterocycles. The molecule has 5 aromatic rings. The van der Waals surface area contributed by atoms with Gasteiger partial charge in [-0.1, -0.05) is 109 Å². The summed E-state index contributed by atoms with van der Waals surface area (Å²) in [5, 5.41) is 122. The van der Waals surface area contributed by atoms with E-state index >= 15 is 0 Å². The Kier molecular flexibility index (Phi) is 33.2. The van der Waals surface area contributed by atoms with Gasteiger partial charge in [0.25, 0.3) is 23.4 Å². The first kappa shape index (κ1) is 81.0. The number of benzene rings is 5. The zero-order valence-corrected chi connectivity index (χ0v) is 58.0. The molecule has 0 spiro atoms. The summed E-state index contributed by atoms with van der Waals surface area (Å²) >= 11 is 2.80. The van der Waals surface area contributed by atoms with Crippen LogP contribution in [0.4, 0.5) is 0 Å². The number of carbonyl (C=O) groups is 8. The Morgan fingerprint density at radius 1 is 0.475 bits per heavy atom. The molecule has 31 heteroatoms. The number of amides is 6. The van der Waals surface area contributed by atoms with Crippen LogP contribution in [0.25, 0.3) is 22.3 Å². The molecule has 2 unspecified atom stereocenters. The van der Waals surface area contributed by atoms with Gasteiger partial charge in [0, 0.05) is 61.7 Å². The van der Waals surface area contributed by atoms with Crippen molar-refractivity contribution in [3.63, 3.8) is 0 Å². The van der Waals surface area contributed by atoms with Crippen LogP contribution in [-0.2, 0) is 60.6 Å². The van der Waals surface area contributed by atoms with E-state index in [9.17, 15) is 89.4 Å². The molecular weight excluding hydrogens is 1340 g/mol. The number of hydrogen-bond acceptors (Lipinski definition) is 22. The molecule has 0 radical (unpaired) electrons. The monoisotopic (exact) mass is 1420 g/mol. The fourth-order valence-electron chi connectivity index (χ4n) is 10.8. The number of aliphatic hydroxyl groups excluding tert-OH is 8. The molecule has 530 valence electrons. The number of hydrogen-bond donors (Lipinski definition) is 16. The summed E-state index contributed by atoms with van der Waals surface area (Å²) in [4.78, 5) is 102. The van der Waals surface area contributed by atoms with Crippen molar-refractivity contribution >= 4 is 70.9 Å². The molecule has 28 nitrogen and oxygen atoms in total. The van der Waals surface area contributed by atoms with Gasteiger partial charge in [0.15, 0.2) is 0 Å². The Labute approximate surface area is 601 Å². The predicted octanol–water partition coefficient (Wildman–Crippen LogP) is -3.26. The topological polar surface area (TPSA) is 448 Å². The van der Waals surface area contributed by atoms with Crippen LogP contribution in [0.1, 0.15) is 57.5 Å². The molecule has 2 heterocycles. The molecule has 0 saturated carbocycles. The SMILES string of the molecule is O=C(Cc1ccc(-c2ccccc2)cc1)NC[C@@H](O)C(O)[C@@H]1O[C@@](OCCCSCCNC(=O)c2ccc(C(=O)NCCSCCCO[C@]3(C(=O)O)C[C@H](O)[C@@H](NC(=O)CO)[C@H](C(O)[C@H](O)CNC(=O)Cc4ccc(-c5ccccc5)cc4)O3)cc2)(C(=O)O)C[C@H](O)[C@H]1NC(=O)CO.[Na+]. The molecule has 0 aromatic heterocycles. The quantitative estimate of drug-likeness (QED) is 0.0136. The molecule has 16 N–H and O–H groups in total. The van der Waals surface area contributed by atoms with Crippen molar-refractivity contribution in [2.75, 3.05) is 75.6 Å². The van der Waals surface area contributed by atoms with Crippen molar-refractivity contribution in [2.24, 2.45) is 0 Å². The molecule has 99 heavy (non-hydrogen) atoms. The number of carboxylic acid groups (broad SMARTS) is 2. The summed E-state index contributed by atoms with van der Waals surface area (Å²) in [5.41, 5.74) is 5.75. The number of aliphatic carboxylic acids is 2. The first-order chi connectivity index (χ1) is 47.0. The molecule has 0 aliphatic carbocycles. The average Bonchev–Trinajstić information content (AvgIpc) is 0.778. The van der Waals surface area contributed by atoms with Crippen molar-refractivity contribution < 1.29 is 138 Å². The van der Waals surface area contributed by atoms with Crippen molar-refractivity contribution in [2.45, 2.75) is 111 Å². The van der Waals surface area contributed by atoms with E-state index in [1.165, 1.54) is 47.8 Å². The molecule has 12 atom stereocenters. The summed E-state index contributed by atoms with van der Waals surface area (Å²) in [5.74, 6) is -10.6. The standard InChI is InChI=1S/C68H84N6O22S2.Na/c75-39-55(83)73-57-49(77)35-67(65(89)90,95-61(57)59(85)51(79)37-71-53(81)33-41-13-17-45(18-14-41)43-9-3-1-4-10-43)93-27-7-29-97-31-25-69-63(87)47-21-23-48(24-22-47)64(88)70-26-32-98-30-8-28-94-68(66(91)92)36-50(78)58(74-56(84)40-76)62(96-68)60(86)52(80)38-72-54(82)34-42-15-19-46(20-16-42)44-11-5-2-6-12-44;/h1-6,9-24,49-52,57-62,75-80,85-86H,7-8,25-40H2,(H,69,87)(H,70,88)(H,71,81)(H,72,82)(H,73,83)(H,74,84)(H,89,90)(H,91,92);/q;+1/t49-,50-,51+,52+,57+,58+,59?,60?,61+,62+,67+,68+;/m0./s1. The molecule has 2 fully saturated rings. The summed E-state index contributed by atoms with van der Waals surface area (Å²) < 4.78 is 23.0. The third-order valence-electron chi connectivity index (χ3n) is 16.1. The maximum atomic E-state index is 12.9. The maximum absolute atomic E-state index is 12.9. The van der Waals surface area contributed by atoms with Crippen LogP contribution < -0.4 is 61.5 Å². The third kappa shape index (κ3) is 24.1. The van der Waals surface area contributed by atoms with Gasteiger partial charge in [-0.25, -0.2) is 9.59 Å². The largest absolute Gasteiger partial charge is 1.00 e. The van der Waals surface area contributed by atoms with Crippen molar-refractivity contribution in [3.05, 3.63) is 156 Å². The van der Waals surface area contributed by atoms with E-state index in [1.807, 2.05) is 84.9 Å². The van der Waals surface area contributed by atoms with Gasteiger partial charge < -0.3 is 102 Å². The van der Waals surface area contributed by atoms with Crippen molar-refractivity contribution in [3.8, 4) is 22.3 Å². The minimum Gasteiger partial charge on any atom is -0.477 e. The maximum Gasteiger partial charge on any atom is 1.00 e. The first-order valence-electron chi connectivity index (χ1n) is 31.7. The van der Waals surface area contributed by atoms with Gasteiger partial charge in [0.1, 0.15) is 37.6 Å². The van der Waals surface area contributed by atoms with Gasteiger partial charge in [-0.05, 0) is 82.0 Å². The smallest absolute Gasteiger partial charge is 0.477 e. The Hall–Kier alpha value is -6.92. The fourth-order valence-corrected chi connectivity index (χ4v) is 12.4. The number of nitrogens with one attached hydrogen (secondary N) is 6. The second-order valence-corrected chi connectivity index (χ2v) is 25.7. The van der Waals surface area contributed by atoms with Gasteiger partial charge >= 0.3 is 41.5 Å². The molecule has 6 amide bonds. The Morgan fingerprint density at radius 3 is 1.15 bits per heavy atom. The van der Waals surface area contributed by atoms with Crippen molar-refractivity contribution in [1.29, 1.82) is 0 Å². The van der Waals surface area contributed by atoms with E-state index < -0.39 is 159 Å². The molecule has 7 rings (SSSR count). The zero-order chi connectivity index (χ0) is 70.8. The Balaban J connectivity index is 0.0000155. The van der Waals surface area contributed by atoms with Crippen LogP contribution in [0.5, 0.6) is 0 Å². The van der Waals surface area contributed by atoms with Crippen LogP contribution in [-0.4, -0.2) is 247 Å². The van der Waals surface area contributed by atoms with E-state index in [0.29, 0.717) is 34.1 Å². The molecule has 0 bridgehead atoms. The first-order valence-corrected chi connectivity index (χ1v) is 34.0. The molecule has 2 aliphatic heterocycles. The van der Waals surface area contributed by atoms with E-state index in [-0.39, 0.29) is 92.7 Å². The second kappa shape index (κ2) is 40.5. The van der Waals surface area contributed by atoms with E-state index in [1.54, 1.807) is 24.3 Å². The van der Waals surface area contributed by atoms with E-state index in [0.717, 1.165) is 22.3 Å². The second-order valence-electron chi connectivity index (χ2n) is 23.2. The minimum atomic E-state index is -2.55. The van der Waals surface area contributed by atoms with Crippen molar-refractivity contribution in [1.82, 2.24) is 31.9 Å². The summed E-state index contributed by atoms with van der Waals surface area (Å²) in [7, 11) is 0. The van der Waals surface area contributed by atoms with Crippen LogP contribution in [0.3, 0.4) is 0 Å². The van der Waals surface area contributed by atoms with Crippen LogP contribution in [0.15, 0.2) is 133 Å². The minimum absolute atomic E-state index is 0. The number of carboxylic acids is 2. The third-order valence-corrected chi connectivity index (χ3v) is 18.2. The number of aliphatic hydroxyl groups is 8. The van der Waals surface area contributed by atoms with Gasteiger partial charge in [0.05, 0.1) is 62.6 Å². The number of carbonyl (C=O) groups excluding carboxylic acids is 6. The summed E-state index contributed by atoms with van der Waals surface area (Å²) in [6.07, 6.45) is -15.7. The Morgan fingerprint density at radius 2 is 0.818 bits per heavy atom. The van der Waals surface area contributed by atoms with E-state index in [2.05, 4.69) is 31.9 Å². The van der Waals surface area contributed by atoms with Crippen LogP contribution >= 0.6 is 23.5 Å². The predicted molar refractivity (Wildman–Crippen MR) is 358 cm³/mol. The van der Waals surface area contributed by atoms with Gasteiger partial charge in [-0.2, -0.15) is 23.5 Å². The molecule has 2 aliphatic rings. The van der Waals surface area contributed by atoms with E-state index in [4.69, 9.17) is 18.9 Å². The number of thioether (sulfide) groups is 2. The van der Waals surface area contributed by atoms with Crippen LogP contribution in [0.2, 0.25) is 0 Å². The number of rotatable bonds is 38. The van der Waals surface area contributed by atoms with Gasteiger partial charge in [-0.3, -0.25) is 28.8 Å². The molecule has 5 aromatic carbocycles. The number of ether oxygens (including phenoxy) is 4. The summed E-state index contributed by atoms with van der Waals surface area (Å²) in [6, 6.07) is 36.6.